The highest BCUT2D eigenvalue weighted by atomic mass is 19.1. The molecule has 0 bridgehead atoms. The lowest BCUT2D eigenvalue weighted by molar-refractivity contribution is 0.210. The van der Waals surface area contributed by atoms with Crippen LogP contribution in [0.2, 0.25) is 0 Å². The summed E-state index contributed by atoms with van der Waals surface area (Å²) in [5, 5.41) is 6.64. The third-order valence-electron chi connectivity index (χ3n) is 3.88. The fraction of sp³-hybridized carbons (Fsp3) is 0.562. The van der Waals surface area contributed by atoms with Crippen LogP contribution < -0.4 is 10.6 Å². The van der Waals surface area contributed by atoms with Crippen LogP contribution in [0.3, 0.4) is 0 Å². The largest absolute Gasteiger partial charge is 0.356 e. The van der Waals surface area contributed by atoms with E-state index in [2.05, 4.69) is 27.6 Å². The smallest absolute Gasteiger partial charge is 0.191 e. The minimum Gasteiger partial charge on any atom is -0.356 e. The van der Waals surface area contributed by atoms with Gasteiger partial charge in [0.15, 0.2) is 5.96 Å². The number of piperidine rings is 1. The normalized spacial score (nSPS) is 20.3. The minimum absolute atomic E-state index is 0.206. The molecule has 0 radical (unpaired) electrons. The molecule has 116 valence electrons. The Balaban J connectivity index is 1.74. The maximum absolute atomic E-state index is 12.8. The second-order valence-electron chi connectivity index (χ2n) is 5.70. The molecule has 5 heteroatoms. The van der Waals surface area contributed by atoms with Crippen LogP contribution in [-0.4, -0.2) is 44.6 Å². The van der Waals surface area contributed by atoms with Crippen molar-refractivity contribution in [2.45, 2.75) is 19.4 Å². The number of hydrogen-bond donors (Lipinski definition) is 2. The van der Waals surface area contributed by atoms with Gasteiger partial charge < -0.3 is 15.5 Å². The molecule has 0 aromatic heterocycles. The molecule has 0 saturated carbocycles. The first kappa shape index (κ1) is 15.8. The van der Waals surface area contributed by atoms with Gasteiger partial charge in [0, 0.05) is 26.7 Å². The molecule has 1 atom stereocenters. The number of nitrogens with zero attached hydrogens (tertiary/aromatic N) is 2. The van der Waals surface area contributed by atoms with Crippen molar-refractivity contribution in [2.24, 2.45) is 10.9 Å². The molecule has 1 aliphatic heterocycles. The molecule has 1 aromatic rings. The van der Waals surface area contributed by atoms with Crippen molar-refractivity contribution in [2.75, 3.05) is 33.7 Å². The molecule has 0 spiro atoms. The fourth-order valence-electron chi connectivity index (χ4n) is 2.69. The van der Waals surface area contributed by atoms with Crippen molar-refractivity contribution < 1.29 is 4.39 Å². The van der Waals surface area contributed by atoms with Gasteiger partial charge in [-0.25, -0.2) is 4.39 Å². The molecule has 2 N–H and O–H groups in total. The molecule has 1 fully saturated rings. The Kier molecular flexibility index (Phi) is 5.99. The third kappa shape index (κ3) is 5.34. The summed E-state index contributed by atoms with van der Waals surface area (Å²) in [6.07, 6.45) is 2.54. The average molecular weight is 292 g/mol. The van der Waals surface area contributed by atoms with E-state index in [1.54, 1.807) is 19.2 Å². The van der Waals surface area contributed by atoms with Crippen molar-refractivity contribution in [1.82, 2.24) is 15.5 Å². The van der Waals surface area contributed by atoms with Gasteiger partial charge in [0.25, 0.3) is 0 Å². The van der Waals surface area contributed by atoms with Crippen LogP contribution in [0, 0.1) is 11.7 Å². The maximum atomic E-state index is 12.8. The number of rotatable bonds is 4. The Labute approximate surface area is 126 Å². The zero-order valence-electron chi connectivity index (χ0n) is 12.9. The average Bonchev–Trinajstić information content (AvgIpc) is 2.49. The van der Waals surface area contributed by atoms with Gasteiger partial charge in [-0.3, -0.25) is 4.99 Å². The standard InChI is InChI=1S/C16H25FN4/c1-18-16(19-10-13-5-7-15(17)8-6-13)20-11-14-4-3-9-21(2)12-14/h5-8,14H,3-4,9-12H2,1-2H3,(H2,18,19,20). The van der Waals surface area contributed by atoms with E-state index in [9.17, 15) is 4.39 Å². The molecule has 21 heavy (non-hydrogen) atoms. The number of nitrogens with one attached hydrogen (secondary N) is 2. The first-order chi connectivity index (χ1) is 10.2. The molecule has 1 aliphatic rings. The summed E-state index contributed by atoms with van der Waals surface area (Å²) in [4.78, 5) is 6.61. The quantitative estimate of drug-likeness (QED) is 0.657. The molecule has 2 rings (SSSR count). The first-order valence-electron chi connectivity index (χ1n) is 7.55. The van der Waals surface area contributed by atoms with Gasteiger partial charge in [0.2, 0.25) is 0 Å². The van der Waals surface area contributed by atoms with Crippen LogP contribution >= 0.6 is 0 Å². The van der Waals surface area contributed by atoms with E-state index in [0.717, 1.165) is 24.6 Å². The number of guanidine groups is 1. The van der Waals surface area contributed by atoms with Gasteiger partial charge >= 0.3 is 0 Å². The van der Waals surface area contributed by atoms with Crippen LogP contribution in [0.5, 0.6) is 0 Å². The molecule has 1 aromatic carbocycles. The van der Waals surface area contributed by atoms with Gasteiger partial charge in [-0.05, 0) is 50.0 Å². The highest BCUT2D eigenvalue weighted by molar-refractivity contribution is 5.79. The Bertz CT molecular complexity index is 458. The fourth-order valence-corrected chi connectivity index (χ4v) is 2.69. The lowest BCUT2D eigenvalue weighted by atomic mass is 9.99. The molecule has 0 aliphatic carbocycles. The van der Waals surface area contributed by atoms with Crippen molar-refractivity contribution >= 4 is 5.96 Å². The van der Waals surface area contributed by atoms with E-state index in [-0.39, 0.29) is 5.82 Å². The molecule has 1 heterocycles. The summed E-state index contributed by atoms with van der Waals surface area (Å²) in [6, 6.07) is 6.52. The van der Waals surface area contributed by atoms with Gasteiger partial charge in [-0.1, -0.05) is 12.1 Å². The zero-order valence-corrected chi connectivity index (χ0v) is 12.9. The van der Waals surface area contributed by atoms with E-state index < -0.39 is 0 Å². The third-order valence-corrected chi connectivity index (χ3v) is 3.88. The first-order valence-corrected chi connectivity index (χ1v) is 7.55. The van der Waals surface area contributed by atoms with Crippen molar-refractivity contribution in [3.8, 4) is 0 Å². The Morgan fingerprint density at radius 1 is 1.33 bits per heavy atom. The molecule has 4 nitrogen and oxygen atoms in total. The lowest BCUT2D eigenvalue weighted by Crippen LogP contribution is -2.43. The van der Waals surface area contributed by atoms with Gasteiger partial charge in [0.05, 0.1) is 0 Å². The Hall–Kier alpha value is -1.62. The Morgan fingerprint density at radius 3 is 2.76 bits per heavy atom. The van der Waals surface area contributed by atoms with Crippen LogP contribution in [-0.2, 0) is 6.54 Å². The number of benzene rings is 1. The second kappa shape index (κ2) is 7.98. The lowest BCUT2D eigenvalue weighted by Gasteiger charge is -2.30. The van der Waals surface area contributed by atoms with Gasteiger partial charge in [0.1, 0.15) is 5.82 Å². The maximum Gasteiger partial charge on any atom is 0.191 e. The summed E-state index contributed by atoms with van der Waals surface area (Å²) < 4.78 is 12.8. The summed E-state index contributed by atoms with van der Waals surface area (Å²) >= 11 is 0. The predicted molar refractivity (Wildman–Crippen MR) is 84.8 cm³/mol. The minimum atomic E-state index is -0.206. The van der Waals surface area contributed by atoms with E-state index in [1.165, 1.54) is 31.5 Å². The van der Waals surface area contributed by atoms with E-state index >= 15 is 0 Å². The highest BCUT2D eigenvalue weighted by Gasteiger charge is 2.17. The number of likely N-dealkylation sites (tertiary alicyclic amines) is 1. The van der Waals surface area contributed by atoms with Gasteiger partial charge in [-0.15, -0.1) is 0 Å². The second-order valence-corrected chi connectivity index (χ2v) is 5.70. The monoisotopic (exact) mass is 292 g/mol. The number of aliphatic imine (C=N–C) groups is 1. The molecule has 0 amide bonds. The molecular formula is C16H25FN4. The van der Waals surface area contributed by atoms with Crippen molar-refractivity contribution in [3.05, 3.63) is 35.6 Å². The topological polar surface area (TPSA) is 39.7 Å². The Morgan fingerprint density at radius 2 is 2.10 bits per heavy atom. The molecular weight excluding hydrogens is 267 g/mol. The number of halogens is 1. The van der Waals surface area contributed by atoms with Crippen LogP contribution in [0.4, 0.5) is 4.39 Å². The van der Waals surface area contributed by atoms with Gasteiger partial charge in [-0.2, -0.15) is 0 Å². The van der Waals surface area contributed by atoms with Crippen molar-refractivity contribution in [1.29, 1.82) is 0 Å². The molecule has 1 unspecified atom stereocenters. The van der Waals surface area contributed by atoms with Crippen LogP contribution in [0.25, 0.3) is 0 Å². The van der Waals surface area contributed by atoms with Crippen molar-refractivity contribution in [3.63, 3.8) is 0 Å². The molecule has 1 saturated heterocycles. The van der Waals surface area contributed by atoms with E-state index in [1.807, 2.05) is 0 Å². The summed E-state index contributed by atoms with van der Waals surface area (Å²) in [7, 11) is 3.95. The predicted octanol–water partition coefficient (Wildman–Crippen LogP) is 1.83. The van der Waals surface area contributed by atoms with Crippen LogP contribution in [0.15, 0.2) is 29.3 Å². The summed E-state index contributed by atoms with van der Waals surface area (Å²) in [5.74, 6) is 1.27. The zero-order chi connectivity index (χ0) is 15.1. The summed E-state index contributed by atoms with van der Waals surface area (Å²) in [5.41, 5.74) is 1.04. The summed E-state index contributed by atoms with van der Waals surface area (Å²) in [6.45, 7) is 3.92. The van der Waals surface area contributed by atoms with E-state index in [4.69, 9.17) is 0 Å². The SMILES string of the molecule is CN=C(NCc1ccc(F)cc1)NCC1CCCN(C)C1. The number of hydrogen-bond acceptors (Lipinski definition) is 2. The van der Waals surface area contributed by atoms with E-state index in [0.29, 0.717) is 12.5 Å². The highest BCUT2D eigenvalue weighted by Crippen LogP contribution is 2.13. The van der Waals surface area contributed by atoms with Crippen LogP contribution in [0.1, 0.15) is 18.4 Å².